The zero-order chi connectivity index (χ0) is 16.8. The molecule has 1 aromatic carbocycles. The summed E-state index contributed by atoms with van der Waals surface area (Å²) in [6.07, 6.45) is 5.64. The van der Waals surface area contributed by atoms with E-state index in [1.54, 1.807) is 7.11 Å². The van der Waals surface area contributed by atoms with Crippen LogP contribution in [0.25, 0.3) is 22.2 Å². The van der Waals surface area contributed by atoms with Gasteiger partial charge in [0.15, 0.2) is 0 Å². The van der Waals surface area contributed by atoms with Crippen molar-refractivity contribution in [1.82, 2.24) is 14.5 Å². The molecule has 0 aliphatic heterocycles. The van der Waals surface area contributed by atoms with Crippen LogP contribution in [0.15, 0.2) is 30.6 Å². The van der Waals surface area contributed by atoms with Crippen molar-refractivity contribution in [3.05, 3.63) is 53.1 Å². The van der Waals surface area contributed by atoms with Crippen molar-refractivity contribution in [2.24, 2.45) is 7.05 Å². The molecule has 0 radical (unpaired) electrons. The molecule has 0 bridgehead atoms. The smallest absolute Gasteiger partial charge is 0.128 e. The van der Waals surface area contributed by atoms with Gasteiger partial charge in [0, 0.05) is 43.9 Å². The molecule has 0 fully saturated rings. The Morgan fingerprint density at radius 2 is 2.08 bits per heavy atom. The molecule has 4 rings (SSSR count). The molecule has 0 unspecified atom stereocenters. The Labute approximate surface area is 141 Å². The van der Waals surface area contributed by atoms with E-state index in [2.05, 4.69) is 48.6 Å². The number of hydrogen-bond acceptors (Lipinski definition) is 3. The first-order chi connectivity index (χ1) is 11.6. The maximum absolute atomic E-state index is 5.72. The number of methoxy groups -OCH3 is 1. The topological polar surface area (TPSA) is 39.9 Å². The van der Waals surface area contributed by atoms with Gasteiger partial charge in [-0.2, -0.15) is 0 Å². The second-order valence-corrected chi connectivity index (χ2v) is 6.29. The Morgan fingerprint density at radius 3 is 2.79 bits per heavy atom. The largest absolute Gasteiger partial charge is 0.496 e. The van der Waals surface area contributed by atoms with Gasteiger partial charge in [-0.1, -0.05) is 6.92 Å². The molecule has 0 saturated carbocycles. The minimum Gasteiger partial charge on any atom is -0.496 e. The SMILES string of the molecule is CCc1nc2cc(C3=C(C)c4ccncc4C3)c(OC)cc2n1C. The lowest BCUT2D eigenvalue weighted by molar-refractivity contribution is 0.414. The van der Waals surface area contributed by atoms with Crippen LogP contribution in [-0.4, -0.2) is 21.6 Å². The molecule has 2 aromatic heterocycles. The van der Waals surface area contributed by atoms with E-state index in [4.69, 9.17) is 9.72 Å². The first kappa shape index (κ1) is 14.9. The molecule has 4 nitrogen and oxygen atoms in total. The van der Waals surface area contributed by atoms with Crippen molar-refractivity contribution in [3.8, 4) is 5.75 Å². The number of hydrogen-bond donors (Lipinski definition) is 0. The number of nitrogens with zero attached hydrogens (tertiary/aromatic N) is 3. The maximum Gasteiger partial charge on any atom is 0.128 e. The van der Waals surface area contributed by atoms with E-state index in [1.165, 1.54) is 22.3 Å². The lowest BCUT2D eigenvalue weighted by Crippen LogP contribution is -1.96. The van der Waals surface area contributed by atoms with Crippen LogP contribution in [0, 0.1) is 0 Å². The number of fused-ring (bicyclic) bond motifs is 2. The number of rotatable bonds is 3. The molecule has 0 N–H and O–H groups in total. The van der Waals surface area contributed by atoms with E-state index in [1.807, 2.05) is 12.4 Å². The molecular weight excluding hydrogens is 298 g/mol. The monoisotopic (exact) mass is 319 g/mol. The Balaban J connectivity index is 1.93. The quantitative estimate of drug-likeness (QED) is 0.732. The zero-order valence-corrected chi connectivity index (χ0v) is 14.6. The predicted octanol–water partition coefficient (Wildman–Crippen LogP) is 4.03. The molecule has 24 heavy (non-hydrogen) atoms. The third-order valence-electron chi connectivity index (χ3n) is 5.06. The summed E-state index contributed by atoms with van der Waals surface area (Å²) in [5.41, 5.74) is 8.46. The molecule has 3 aromatic rings. The minimum atomic E-state index is 0.893. The number of ether oxygens (including phenoxy) is 1. The van der Waals surface area contributed by atoms with Gasteiger partial charge in [0.2, 0.25) is 0 Å². The predicted molar refractivity (Wildman–Crippen MR) is 97.1 cm³/mol. The molecule has 0 atom stereocenters. The van der Waals surface area contributed by atoms with Gasteiger partial charge in [0.1, 0.15) is 11.6 Å². The fourth-order valence-corrected chi connectivity index (χ4v) is 3.71. The molecule has 4 heteroatoms. The Kier molecular flexibility index (Phi) is 3.41. The highest BCUT2D eigenvalue weighted by Crippen LogP contribution is 2.42. The number of benzene rings is 1. The van der Waals surface area contributed by atoms with Crippen LogP contribution in [-0.2, 0) is 19.9 Å². The number of aromatic nitrogens is 3. The van der Waals surface area contributed by atoms with Gasteiger partial charge >= 0.3 is 0 Å². The highest BCUT2D eigenvalue weighted by molar-refractivity contribution is 5.99. The van der Waals surface area contributed by atoms with E-state index in [9.17, 15) is 0 Å². The Bertz CT molecular complexity index is 982. The number of pyridine rings is 1. The van der Waals surface area contributed by atoms with Gasteiger partial charge in [-0.25, -0.2) is 4.98 Å². The van der Waals surface area contributed by atoms with Gasteiger partial charge in [0.05, 0.1) is 18.1 Å². The fraction of sp³-hybridized carbons (Fsp3) is 0.300. The molecular formula is C20H21N3O. The number of allylic oxidation sites excluding steroid dienone is 2. The van der Waals surface area contributed by atoms with Gasteiger partial charge in [-0.15, -0.1) is 0 Å². The summed E-state index contributed by atoms with van der Waals surface area (Å²) in [4.78, 5) is 9.05. The molecule has 122 valence electrons. The Morgan fingerprint density at radius 1 is 1.25 bits per heavy atom. The highest BCUT2D eigenvalue weighted by atomic mass is 16.5. The van der Waals surface area contributed by atoms with Crippen molar-refractivity contribution in [2.75, 3.05) is 7.11 Å². The van der Waals surface area contributed by atoms with E-state index >= 15 is 0 Å². The van der Waals surface area contributed by atoms with Crippen LogP contribution in [0.1, 0.15) is 36.4 Å². The molecule has 2 heterocycles. The summed E-state index contributed by atoms with van der Waals surface area (Å²) in [7, 11) is 3.80. The van der Waals surface area contributed by atoms with Crippen LogP contribution < -0.4 is 4.74 Å². The van der Waals surface area contributed by atoms with Gasteiger partial charge in [-0.3, -0.25) is 4.98 Å². The van der Waals surface area contributed by atoms with Crippen LogP contribution in [0.5, 0.6) is 5.75 Å². The summed E-state index contributed by atoms with van der Waals surface area (Å²) >= 11 is 0. The summed E-state index contributed by atoms with van der Waals surface area (Å²) in [6.45, 7) is 4.31. The second kappa shape index (κ2) is 5.48. The van der Waals surface area contributed by atoms with E-state index in [0.717, 1.165) is 41.0 Å². The lowest BCUT2D eigenvalue weighted by atomic mass is 9.99. The van der Waals surface area contributed by atoms with Crippen LogP contribution in [0.2, 0.25) is 0 Å². The summed E-state index contributed by atoms with van der Waals surface area (Å²) in [6, 6.07) is 6.38. The second-order valence-electron chi connectivity index (χ2n) is 6.29. The molecule has 0 saturated heterocycles. The van der Waals surface area contributed by atoms with Crippen molar-refractivity contribution in [1.29, 1.82) is 0 Å². The normalized spacial score (nSPS) is 13.7. The molecule has 1 aliphatic carbocycles. The minimum absolute atomic E-state index is 0.893. The molecule has 1 aliphatic rings. The van der Waals surface area contributed by atoms with E-state index < -0.39 is 0 Å². The zero-order valence-electron chi connectivity index (χ0n) is 14.6. The fourth-order valence-electron chi connectivity index (χ4n) is 3.71. The summed E-state index contributed by atoms with van der Waals surface area (Å²) in [5.74, 6) is 2.00. The average molecular weight is 319 g/mol. The Hall–Kier alpha value is -2.62. The van der Waals surface area contributed by atoms with E-state index in [-0.39, 0.29) is 0 Å². The molecule has 0 amide bonds. The molecule has 0 spiro atoms. The lowest BCUT2D eigenvalue weighted by Gasteiger charge is -2.11. The highest BCUT2D eigenvalue weighted by Gasteiger charge is 2.23. The first-order valence-electron chi connectivity index (χ1n) is 8.30. The van der Waals surface area contributed by atoms with Crippen LogP contribution in [0.4, 0.5) is 0 Å². The van der Waals surface area contributed by atoms with Crippen molar-refractivity contribution >= 4 is 22.2 Å². The summed E-state index contributed by atoms with van der Waals surface area (Å²) < 4.78 is 7.87. The number of imidazole rings is 1. The average Bonchev–Trinajstić information content (AvgIpc) is 3.11. The van der Waals surface area contributed by atoms with Gasteiger partial charge < -0.3 is 9.30 Å². The van der Waals surface area contributed by atoms with Crippen LogP contribution in [0.3, 0.4) is 0 Å². The van der Waals surface area contributed by atoms with E-state index in [0.29, 0.717) is 0 Å². The third kappa shape index (κ3) is 2.06. The van der Waals surface area contributed by atoms with Gasteiger partial charge in [-0.05, 0) is 41.3 Å². The third-order valence-corrected chi connectivity index (χ3v) is 5.06. The standard InChI is InChI=1S/C20H21N3O/c1-5-20-22-17-9-16(19(24-4)10-18(17)23(20)3)15-8-13-11-21-7-6-14(13)12(15)2/h6-7,9-11H,5,8H2,1-4H3. The van der Waals surface area contributed by atoms with Gasteiger partial charge in [0.25, 0.3) is 0 Å². The van der Waals surface area contributed by atoms with Crippen molar-refractivity contribution < 1.29 is 4.74 Å². The maximum atomic E-state index is 5.72. The summed E-state index contributed by atoms with van der Waals surface area (Å²) in [5, 5.41) is 0. The van der Waals surface area contributed by atoms with Crippen molar-refractivity contribution in [2.45, 2.75) is 26.7 Å². The van der Waals surface area contributed by atoms with Crippen LogP contribution >= 0.6 is 0 Å². The van der Waals surface area contributed by atoms with Crippen molar-refractivity contribution in [3.63, 3.8) is 0 Å². The number of aryl methyl sites for hydroxylation is 2. The first-order valence-corrected chi connectivity index (χ1v) is 8.30.